The van der Waals surface area contributed by atoms with E-state index in [0.717, 1.165) is 35.3 Å². The highest BCUT2D eigenvalue weighted by molar-refractivity contribution is 7.92. The van der Waals surface area contributed by atoms with Gasteiger partial charge < -0.3 is 14.8 Å². The summed E-state index contributed by atoms with van der Waals surface area (Å²) in [6.45, 7) is 7.37. The van der Waals surface area contributed by atoms with Gasteiger partial charge in [0.25, 0.3) is 15.9 Å². The van der Waals surface area contributed by atoms with Crippen LogP contribution < -0.4 is 10.0 Å². The highest BCUT2D eigenvalue weighted by Crippen LogP contribution is 2.40. The van der Waals surface area contributed by atoms with Crippen molar-refractivity contribution in [1.29, 1.82) is 0 Å². The lowest BCUT2D eigenvalue weighted by atomic mass is 9.88. The molecule has 0 fully saturated rings. The first kappa shape index (κ1) is 29.3. The molecule has 1 aliphatic carbocycles. The number of rotatable bonds is 9. The molecule has 0 spiro atoms. The molecule has 2 aromatic carbocycles. The number of anilines is 2. The van der Waals surface area contributed by atoms with Crippen molar-refractivity contribution in [3.8, 4) is 0 Å². The molecule has 3 aromatic rings. The summed E-state index contributed by atoms with van der Waals surface area (Å²) in [5, 5.41) is 3.12. The Hall–Kier alpha value is -3.70. The fourth-order valence-corrected chi connectivity index (χ4v) is 6.89. The highest BCUT2D eigenvalue weighted by Gasteiger charge is 2.30. The topological polar surface area (TPSA) is 128 Å². The van der Waals surface area contributed by atoms with Crippen LogP contribution in [0.4, 0.5) is 10.7 Å². The Morgan fingerprint density at radius 3 is 2.52 bits per heavy atom. The molecule has 0 radical (unpaired) electrons. The number of amides is 1. The number of thiophene rings is 1. The second-order valence-corrected chi connectivity index (χ2v) is 12.6. The first-order valence-electron chi connectivity index (χ1n) is 13.0. The zero-order chi connectivity index (χ0) is 29.0. The van der Waals surface area contributed by atoms with Crippen LogP contribution in [0, 0.1) is 12.8 Å². The Morgan fingerprint density at radius 1 is 1.10 bits per heavy atom. The molecule has 11 heteroatoms. The van der Waals surface area contributed by atoms with Crippen LogP contribution in [0.2, 0.25) is 0 Å². The number of esters is 2. The van der Waals surface area contributed by atoms with Crippen LogP contribution in [0.1, 0.15) is 63.9 Å². The summed E-state index contributed by atoms with van der Waals surface area (Å²) in [5.41, 5.74) is 2.60. The Kier molecular flexibility index (Phi) is 8.95. The number of ether oxygens (including phenoxy) is 2. The van der Waals surface area contributed by atoms with Crippen LogP contribution in [-0.2, 0) is 37.1 Å². The van der Waals surface area contributed by atoms with Crippen molar-refractivity contribution < 1.29 is 32.3 Å². The number of sulfonamides is 1. The molecule has 0 saturated heterocycles. The third kappa shape index (κ3) is 6.71. The molecule has 0 aliphatic heterocycles. The van der Waals surface area contributed by atoms with Crippen LogP contribution >= 0.6 is 11.3 Å². The molecule has 0 saturated carbocycles. The van der Waals surface area contributed by atoms with Crippen LogP contribution in [0.15, 0.2) is 53.4 Å². The van der Waals surface area contributed by atoms with E-state index in [2.05, 4.69) is 17.0 Å². The summed E-state index contributed by atoms with van der Waals surface area (Å²) in [7, 11) is -3.97. The molecule has 1 heterocycles. The summed E-state index contributed by atoms with van der Waals surface area (Å²) in [5.74, 6) is -1.50. The Balaban J connectivity index is 1.47. The molecular formula is C29H32N2O7S2. The molecule has 9 nitrogen and oxygen atoms in total. The SMILES string of the molecule is CCOC(=O)c1c(NC(=O)[C@H](C)OC(=O)c2cccc(S(=O)(=O)Nc3ccc(C)cc3)c2)sc2c1CC[C@@H](C)C2. The monoisotopic (exact) mass is 584 g/mol. The van der Waals surface area contributed by atoms with Crippen LogP contribution in [-0.4, -0.2) is 39.0 Å². The maximum Gasteiger partial charge on any atom is 0.341 e. The van der Waals surface area contributed by atoms with Gasteiger partial charge in [-0.05, 0) is 81.8 Å². The minimum Gasteiger partial charge on any atom is -0.462 e. The smallest absolute Gasteiger partial charge is 0.341 e. The van der Waals surface area contributed by atoms with E-state index in [1.165, 1.54) is 42.5 Å². The van der Waals surface area contributed by atoms with Gasteiger partial charge in [-0.15, -0.1) is 11.3 Å². The van der Waals surface area contributed by atoms with Crippen molar-refractivity contribution in [3.05, 3.63) is 75.7 Å². The Labute approximate surface area is 237 Å². The number of benzene rings is 2. The number of hydrogen-bond acceptors (Lipinski definition) is 8. The standard InChI is InChI=1S/C29H32N2O7S2/c1-5-37-29(34)25-23-14-11-18(3)15-24(23)39-27(25)30-26(32)19(4)38-28(33)20-7-6-8-22(16-20)40(35,36)31-21-12-9-17(2)10-13-21/h6-10,12-13,16,18-19,31H,5,11,14-15H2,1-4H3,(H,30,32)/t18-,19+/m1/s1. The van der Waals surface area contributed by atoms with Gasteiger partial charge in [0, 0.05) is 10.6 Å². The first-order valence-corrected chi connectivity index (χ1v) is 15.3. The van der Waals surface area contributed by atoms with Crippen molar-refractivity contribution in [3.63, 3.8) is 0 Å². The summed E-state index contributed by atoms with van der Waals surface area (Å²) in [6.07, 6.45) is 1.25. The van der Waals surface area contributed by atoms with Gasteiger partial charge >= 0.3 is 11.9 Å². The molecular weight excluding hydrogens is 552 g/mol. The highest BCUT2D eigenvalue weighted by atomic mass is 32.2. The zero-order valence-electron chi connectivity index (χ0n) is 22.8. The Morgan fingerprint density at radius 2 is 1.82 bits per heavy atom. The van der Waals surface area contributed by atoms with E-state index in [4.69, 9.17) is 9.47 Å². The molecule has 2 atom stereocenters. The van der Waals surface area contributed by atoms with E-state index in [0.29, 0.717) is 22.2 Å². The third-order valence-electron chi connectivity index (χ3n) is 6.56. The van der Waals surface area contributed by atoms with Gasteiger partial charge in [-0.3, -0.25) is 9.52 Å². The van der Waals surface area contributed by atoms with Crippen molar-refractivity contribution in [2.45, 2.75) is 58.0 Å². The average molecular weight is 585 g/mol. The zero-order valence-corrected chi connectivity index (χ0v) is 24.4. The normalized spacial score (nSPS) is 15.4. The van der Waals surface area contributed by atoms with Crippen molar-refractivity contribution in [2.24, 2.45) is 5.92 Å². The van der Waals surface area contributed by atoms with Crippen LogP contribution in [0.5, 0.6) is 0 Å². The second-order valence-electron chi connectivity index (χ2n) is 9.81. The molecule has 1 amide bonds. The molecule has 40 heavy (non-hydrogen) atoms. The number of carbonyl (C=O) groups is 3. The van der Waals surface area contributed by atoms with Gasteiger partial charge in [0.05, 0.1) is 22.6 Å². The summed E-state index contributed by atoms with van der Waals surface area (Å²) in [4.78, 5) is 39.5. The summed E-state index contributed by atoms with van der Waals surface area (Å²) >= 11 is 1.34. The molecule has 1 aromatic heterocycles. The van der Waals surface area contributed by atoms with Gasteiger partial charge in [0.15, 0.2) is 6.10 Å². The maximum absolute atomic E-state index is 13.0. The van der Waals surface area contributed by atoms with E-state index in [9.17, 15) is 22.8 Å². The van der Waals surface area contributed by atoms with Gasteiger partial charge in [0.1, 0.15) is 5.00 Å². The van der Waals surface area contributed by atoms with Gasteiger partial charge in [-0.1, -0.05) is 30.7 Å². The summed E-state index contributed by atoms with van der Waals surface area (Å²) in [6, 6.07) is 12.2. The molecule has 0 bridgehead atoms. The predicted molar refractivity (Wildman–Crippen MR) is 153 cm³/mol. The third-order valence-corrected chi connectivity index (χ3v) is 9.11. The number of fused-ring (bicyclic) bond motifs is 1. The van der Waals surface area contributed by atoms with Gasteiger partial charge in [-0.25, -0.2) is 18.0 Å². The van der Waals surface area contributed by atoms with Crippen LogP contribution in [0.25, 0.3) is 0 Å². The number of nitrogens with one attached hydrogen (secondary N) is 2. The molecule has 4 rings (SSSR count). The van der Waals surface area contributed by atoms with Gasteiger partial charge in [-0.2, -0.15) is 0 Å². The largest absolute Gasteiger partial charge is 0.462 e. The van der Waals surface area contributed by atoms with Crippen molar-refractivity contribution >= 4 is 49.9 Å². The lowest BCUT2D eigenvalue weighted by Gasteiger charge is -2.18. The number of hydrogen-bond donors (Lipinski definition) is 2. The van der Waals surface area contributed by atoms with E-state index in [-0.39, 0.29) is 17.1 Å². The fraction of sp³-hybridized carbons (Fsp3) is 0.345. The van der Waals surface area contributed by atoms with Crippen LogP contribution in [0.3, 0.4) is 0 Å². The quantitative estimate of drug-likeness (QED) is 0.325. The van der Waals surface area contributed by atoms with E-state index >= 15 is 0 Å². The van der Waals surface area contributed by atoms with Gasteiger partial charge in [0.2, 0.25) is 0 Å². The fourth-order valence-electron chi connectivity index (χ4n) is 4.38. The predicted octanol–water partition coefficient (Wildman–Crippen LogP) is 5.34. The lowest BCUT2D eigenvalue weighted by molar-refractivity contribution is -0.123. The minimum absolute atomic E-state index is 0.0285. The molecule has 1 aliphatic rings. The lowest BCUT2D eigenvalue weighted by Crippen LogP contribution is -2.30. The van der Waals surface area contributed by atoms with E-state index in [1.807, 2.05) is 6.92 Å². The molecule has 212 valence electrons. The van der Waals surface area contributed by atoms with E-state index < -0.39 is 34.0 Å². The maximum atomic E-state index is 13.0. The number of carbonyl (C=O) groups excluding carboxylic acids is 3. The van der Waals surface area contributed by atoms with Crippen molar-refractivity contribution in [1.82, 2.24) is 0 Å². The molecule has 2 N–H and O–H groups in total. The number of aryl methyl sites for hydroxylation is 1. The Bertz CT molecular complexity index is 1530. The first-order chi connectivity index (χ1) is 19.0. The van der Waals surface area contributed by atoms with E-state index in [1.54, 1.807) is 31.2 Å². The molecule has 0 unspecified atom stereocenters. The second kappa shape index (κ2) is 12.2. The summed E-state index contributed by atoms with van der Waals surface area (Å²) < 4.78 is 38.8. The van der Waals surface area contributed by atoms with Crippen molar-refractivity contribution in [2.75, 3.05) is 16.6 Å². The minimum atomic E-state index is -3.97. The average Bonchev–Trinajstić information content (AvgIpc) is 3.26.